The highest BCUT2D eigenvalue weighted by molar-refractivity contribution is 14.0. The summed E-state index contributed by atoms with van der Waals surface area (Å²) in [4.78, 5) is 18.3. The average Bonchev–Trinajstić information content (AvgIpc) is 2.72. The van der Waals surface area contributed by atoms with Crippen molar-refractivity contribution in [3.8, 4) is 11.5 Å². The zero-order valence-electron chi connectivity index (χ0n) is 17.8. The van der Waals surface area contributed by atoms with Crippen molar-refractivity contribution in [2.24, 2.45) is 10.9 Å². The predicted molar refractivity (Wildman–Crippen MR) is 121 cm³/mol. The molecule has 1 unspecified atom stereocenters. The SMILES string of the molecule is CCOC(=O)C1CCCN(C(=NC)NCc2ccc(OCC(F)(F)F)c(OC)c2)C1.I. The van der Waals surface area contributed by atoms with Gasteiger partial charge in [-0.15, -0.1) is 24.0 Å². The average molecular weight is 559 g/mol. The summed E-state index contributed by atoms with van der Waals surface area (Å²) in [6, 6.07) is 4.72. The molecule has 0 aliphatic carbocycles. The molecule has 2 rings (SSSR count). The van der Waals surface area contributed by atoms with Crippen molar-refractivity contribution in [1.29, 1.82) is 0 Å². The molecule has 1 saturated heterocycles. The maximum atomic E-state index is 12.4. The fraction of sp³-hybridized carbons (Fsp3) is 0.600. The van der Waals surface area contributed by atoms with E-state index in [0.29, 0.717) is 25.7 Å². The summed E-state index contributed by atoms with van der Waals surface area (Å²) in [6.45, 7) is 2.42. The van der Waals surface area contributed by atoms with Crippen molar-refractivity contribution >= 4 is 35.9 Å². The number of nitrogens with zero attached hydrogens (tertiary/aromatic N) is 2. The van der Waals surface area contributed by atoms with Crippen LogP contribution in [0.2, 0.25) is 0 Å². The molecule has 11 heteroatoms. The van der Waals surface area contributed by atoms with Gasteiger partial charge in [0.2, 0.25) is 0 Å². The van der Waals surface area contributed by atoms with Crippen molar-refractivity contribution in [2.75, 3.05) is 40.5 Å². The summed E-state index contributed by atoms with van der Waals surface area (Å²) in [5.74, 6) is 0.491. The lowest BCUT2D eigenvalue weighted by molar-refractivity contribution is -0.153. The quantitative estimate of drug-likeness (QED) is 0.238. The Balaban J connectivity index is 0.00000480. The van der Waals surface area contributed by atoms with Gasteiger partial charge in [-0.3, -0.25) is 9.79 Å². The van der Waals surface area contributed by atoms with E-state index in [1.165, 1.54) is 13.2 Å². The number of guanidine groups is 1. The third-order valence-corrected chi connectivity index (χ3v) is 4.62. The highest BCUT2D eigenvalue weighted by atomic mass is 127. The van der Waals surface area contributed by atoms with Gasteiger partial charge in [-0.25, -0.2) is 0 Å². The summed E-state index contributed by atoms with van der Waals surface area (Å²) >= 11 is 0. The third kappa shape index (κ3) is 8.62. The van der Waals surface area contributed by atoms with E-state index in [9.17, 15) is 18.0 Å². The fourth-order valence-corrected chi connectivity index (χ4v) is 3.24. The van der Waals surface area contributed by atoms with E-state index in [2.05, 4.69) is 10.3 Å². The summed E-state index contributed by atoms with van der Waals surface area (Å²) in [7, 11) is 3.03. The van der Waals surface area contributed by atoms with Gasteiger partial charge in [-0.05, 0) is 37.5 Å². The monoisotopic (exact) mass is 559 g/mol. The number of carbonyl (C=O) groups excluding carboxylic acids is 1. The molecule has 176 valence electrons. The van der Waals surface area contributed by atoms with Gasteiger partial charge in [0.15, 0.2) is 24.1 Å². The normalized spacial score (nSPS) is 16.9. The van der Waals surface area contributed by atoms with Crippen LogP contribution in [-0.2, 0) is 16.1 Å². The first-order valence-corrected chi connectivity index (χ1v) is 9.76. The second kappa shape index (κ2) is 12.8. The molecule has 1 heterocycles. The molecule has 1 fully saturated rings. The number of nitrogens with one attached hydrogen (secondary N) is 1. The Labute approximate surface area is 197 Å². The van der Waals surface area contributed by atoms with E-state index in [4.69, 9.17) is 14.2 Å². The first kappa shape index (κ1) is 27.1. The standard InChI is InChI=1S/C20H28F3N3O4.HI/c1-4-29-18(27)15-6-5-9-26(12-15)19(24-2)25-11-14-7-8-16(17(10-14)28-3)30-13-20(21,22)23;/h7-8,10,15H,4-6,9,11-13H2,1-3H3,(H,24,25);1H. The summed E-state index contributed by atoms with van der Waals surface area (Å²) in [5, 5.41) is 3.22. The molecule has 0 radical (unpaired) electrons. The number of alkyl halides is 3. The molecule has 7 nitrogen and oxygen atoms in total. The maximum absolute atomic E-state index is 12.4. The zero-order valence-corrected chi connectivity index (χ0v) is 20.2. The second-order valence-electron chi connectivity index (χ2n) is 6.83. The van der Waals surface area contributed by atoms with Crippen LogP contribution in [0.25, 0.3) is 0 Å². The van der Waals surface area contributed by atoms with Gasteiger partial charge in [0.25, 0.3) is 0 Å². The number of aliphatic imine (C=N–C) groups is 1. The second-order valence-corrected chi connectivity index (χ2v) is 6.83. The molecule has 0 spiro atoms. The van der Waals surface area contributed by atoms with Crippen LogP contribution in [0, 0.1) is 5.92 Å². The largest absolute Gasteiger partial charge is 0.493 e. The van der Waals surface area contributed by atoms with Crippen molar-refractivity contribution in [2.45, 2.75) is 32.5 Å². The number of ether oxygens (including phenoxy) is 3. The summed E-state index contributed by atoms with van der Waals surface area (Å²) in [5.41, 5.74) is 0.784. The Morgan fingerprint density at radius 1 is 1.32 bits per heavy atom. The molecule has 1 aliphatic heterocycles. The van der Waals surface area contributed by atoms with E-state index >= 15 is 0 Å². The first-order valence-electron chi connectivity index (χ1n) is 9.76. The van der Waals surface area contributed by atoms with Gasteiger partial charge in [0, 0.05) is 26.7 Å². The Kier molecular flexibility index (Phi) is 11.2. The minimum atomic E-state index is -4.42. The number of rotatable bonds is 7. The highest BCUT2D eigenvalue weighted by Gasteiger charge is 2.29. The van der Waals surface area contributed by atoms with Crippen molar-refractivity contribution in [1.82, 2.24) is 10.2 Å². The molecule has 1 aromatic carbocycles. The molecule has 0 saturated carbocycles. The number of hydrogen-bond donors (Lipinski definition) is 1. The van der Waals surface area contributed by atoms with Gasteiger partial charge in [0.05, 0.1) is 19.6 Å². The van der Waals surface area contributed by atoms with Crippen LogP contribution in [0.15, 0.2) is 23.2 Å². The Hall–Kier alpha value is -1.92. The van der Waals surface area contributed by atoms with E-state index in [-0.39, 0.29) is 47.4 Å². The zero-order chi connectivity index (χ0) is 22.1. The lowest BCUT2D eigenvalue weighted by Gasteiger charge is -2.34. The molecule has 0 aromatic heterocycles. The molecule has 1 atom stereocenters. The molecule has 31 heavy (non-hydrogen) atoms. The van der Waals surface area contributed by atoms with Crippen LogP contribution < -0.4 is 14.8 Å². The topological polar surface area (TPSA) is 72.4 Å². The van der Waals surface area contributed by atoms with E-state index in [1.807, 2.05) is 4.90 Å². The maximum Gasteiger partial charge on any atom is 0.422 e. The van der Waals surface area contributed by atoms with Gasteiger partial charge < -0.3 is 24.4 Å². The molecule has 0 amide bonds. The lowest BCUT2D eigenvalue weighted by Crippen LogP contribution is -2.48. The molecule has 0 bridgehead atoms. The van der Waals surface area contributed by atoms with Crippen LogP contribution in [0.1, 0.15) is 25.3 Å². The van der Waals surface area contributed by atoms with Crippen LogP contribution in [0.3, 0.4) is 0 Å². The number of halogens is 4. The van der Waals surface area contributed by atoms with Crippen LogP contribution in [-0.4, -0.2) is 63.5 Å². The summed E-state index contributed by atoms with van der Waals surface area (Å²) < 4.78 is 52.2. The Bertz CT molecular complexity index is 747. The van der Waals surface area contributed by atoms with E-state index in [1.54, 1.807) is 26.1 Å². The van der Waals surface area contributed by atoms with E-state index in [0.717, 1.165) is 24.9 Å². The van der Waals surface area contributed by atoms with Crippen molar-refractivity contribution < 1.29 is 32.2 Å². The van der Waals surface area contributed by atoms with Gasteiger partial charge in [-0.2, -0.15) is 13.2 Å². The van der Waals surface area contributed by atoms with Crippen molar-refractivity contribution in [3.05, 3.63) is 23.8 Å². The number of hydrogen-bond acceptors (Lipinski definition) is 5. The van der Waals surface area contributed by atoms with Gasteiger partial charge in [-0.1, -0.05) is 6.07 Å². The number of benzene rings is 1. The minimum absolute atomic E-state index is 0. The van der Waals surface area contributed by atoms with Gasteiger partial charge in [0.1, 0.15) is 0 Å². The van der Waals surface area contributed by atoms with E-state index < -0.39 is 12.8 Å². The summed E-state index contributed by atoms with van der Waals surface area (Å²) in [6.07, 6.45) is -2.79. The molecule has 1 aliphatic rings. The fourth-order valence-electron chi connectivity index (χ4n) is 3.24. The van der Waals surface area contributed by atoms with Crippen LogP contribution in [0.5, 0.6) is 11.5 Å². The van der Waals surface area contributed by atoms with Crippen LogP contribution in [0.4, 0.5) is 13.2 Å². The molecular weight excluding hydrogens is 530 g/mol. The predicted octanol–water partition coefficient (Wildman–Crippen LogP) is 3.60. The van der Waals surface area contributed by atoms with Crippen LogP contribution >= 0.6 is 24.0 Å². The molecule has 1 aromatic rings. The molecule has 1 N–H and O–H groups in total. The van der Waals surface area contributed by atoms with Crippen molar-refractivity contribution in [3.63, 3.8) is 0 Å². The van der Waals surface area contributed by atoms with Gasteiger partial charge >= 0.3 is 12.1 Å². The minimum Gasteiger partial charge on any atom is -0.493 e. The first-order chi connectivity index (χ1) is 14.3. The number of methoxy groups -OCH3 is 1. The number of esters is 1. The third-order valence-electron chi connectivity index (χ3n) is 4.62. The number of carbonyl (C=O) groups is 1. The Morgan fingerprint density at radius 2 is 2.06 bits per heavy atom. The highest BCUT2D eigenvalue weighted by Crippen LogP contribution is 2.30. The lowest BCUT2D eigenvalue weighted by atomic mass is 9.98. The molecular formula is C20H29F3IN3O4. The number of piperidine rings is 1. The number of likely N-dealkylation sites (tertiary alicyclic amines) is 1. The Morgan fingerprint density at radius 3 is 2.68 bits per heavy atom. The smallest absolute Gasteiger partial charge is 0.422 e.